The molecule has 0 bridgehead atoms. The summed E-state index contributed by atoms with van der Waals surface area (Å²) in [5.74, 6) is 0.801. The van der Waals surface area contributed by atoms with Gasteiger partial charge in [-0.1, -0.05) is 42.5 Å². The molecule has 0 fully saturated rings. The average molecular weight is 427 g/mol. The summed E-state index contributed by atoms with van der Waals surface area (Å²) in [6.07, 6.45) is 1.83. The van der Waals surface area contributed by atoms with Crippen LogP contribution in [0.1, 0.15) is 44.4 Å². The quantitative estimate of drug-likeness (QED) is 0.496. The van der Waals surface area contributed by atoms with Crippen LogP contribution >= 0.6 is 0 Å². The molecule has 1 aliphatic carbocycles. The molecule has 5 heteroatoms. The number of ether oxygens (including phenoxy) is 1. The number of aliphatic hydroxyl groups is 2. The second-order valence-corrected chi connectivity index (χ2v) is 10.1. The molecule has 0 aromatic heterocycles. The fourth-order valence-electron chi connectivity index (χ4n) is 3.89. The number of rotatable bonds is 9. The van der Waals surface area contributed by atoms with Crippen molar-refractivity contribution in [2.45, 2.75) is 70.2 Å². The maximum absolute atomic E-state index is 10.7. The molecule has 2 aromatic rings. The number of aliphatic hydroxyl groups excluding tert-OH is 1. The van der Waals surface area contributed by atoms with E-state index in [4.69, 9.17) is 4.74 Å². The number of benzene rings is 2. The zero-order valence-electron chi connectivity index (χ0n) is 19.3. The predicted octanol–water partition coefficient (Wildman–Crippen LogP) is 2.86. The summed E-state index contributed by atoms with van der Waals surface area (Å²) >= 11 is 0. The van der Waals surface area contributed by atoms with Crippen LogP contribution in [0.5, 0.6) is 5.75 Å². The molecule has 0 saturated carbocycles. The third-order valence-corrected chi connectivity index (χ3v) is 5.75. The number of nitrogens with one attached hydrogen (secondary N) is 2. The van der Waals surface area contributed by atoms with Gasteiger partial charge in [0.2, 0.25) is 0 Å². The monoisotopic (exact) mass is 426 g/mol. The van der Waals surface area contributed by atoms with Crippen molar-refractivity contribution in [2.75, 3.05) is 19.7 Å². The second-order valence-electron chi connectivity index (χ2n) is 10.1. The lowest BCUT2D eigenvalue weighted by molar-refractivity contribution is 0.00713. The van der Waals surface area contributed by atoms with E-state index in [1.165, 1.54) is 5.56 Å². The molecule has 0 saturated heterocycles. The highest BCUT2D eigenvalue weighted by Crippen LogP contribution is 2.30. The van der Waals surface area contributed by atoms with Crippen LogP contribution in [0.25, 0.3) is 0 Å². The number of β-amino-alcohol motifs (C(OH)–C–C–N with tert-alkyl or cyclic N) is 1. The average Bonchev–Trinajstić information content (AvgIpc) is 2.72. The molecule has 1 unspecified atom stereocenters. The summed E-state index contributed by atoms with van der Waals surface area (Å²) < 4.78 is 6.09. The minimum atomic E-state index is -0.975. The third kappa shape index (κ3) is 7.32. The topological polar surface area (TPSA) is 73.8 Å². The highest BCUT2D eigenvalue weighted by atomic mass is 16.5. The Kier molecular flexibility index (Phi) is 7.76. The van der Waals surface area contributed by atoms with Gasteiger partial charge in [0, 0.05) is 24.5 Å². The minimum Gasteiger partial charge on any atom is -0.490 e. The molecule has 3 rings (SSSR count). The Labute approximate surface area is 186 Å². The first-order chi connectivity index (χ1) is 14.6. The fraction of sp³-hybridized carbons (Fsp3) is 0.538. The second kappa shape index (κ2) is 10.1. The molecule has 4 N–H and O–H groups in total. The van der Waals surface area contributed by atoms with E-state index in [0.29, 0.717) is 19.4 Å². The summed E-state index contributed by atoms with van der Waals surface area (Å²) in [7, 11) is 0. The van der Waals surface area contributed by atoms with Crippen LogP contribution in [-0.2, 0) is 19.3 Å². The number of hydrogen-bond donors (Lipinski definition) is 4. The summed E-state index contributed by atoms with van der Waals surface area (Å²) in [4.78, 5) is 0. The lowest BCUT2D eigenvalue weighted by Gasteiger charge is -2.33. The smallest absolute Gasteiger partial charge is 0.122 e. The van der Waals surface area contributed by atoms with Crippen LogP contribution in [0, 0.1) is 0 Å². The Balaban J connectivity index is 1.60. The van der Waals surface area contributed by atoms with Gasteiger partial charge in [0.05, 0.1) is 6.10 Å². The largest absolute Gasteiger partial charge is 0.490 e. The predicted molar refractivity (Wildman–Crippen MR) is 126 cm³/mol. The summed E-state index contributed by atoms with van der Waals surface area (Å²) in [6.45, 7) is 9.50. The van der Waals surface area contributed by atoms with E-state index >= 15 is 0 Å². The van der Waals surface area contributed by atoms with Crippen LogP contribution < -0.4 is 15.4 Å². The minimum absolute atomic E-state index is 0.0102. The van der Waals surface area contributed by atoms with Crippen LogP contribution in [-0.4, -0.2) is 53.2 Å². The Morgan fingerprint density at radius 3 is 2.45 bits per heavy atom. The summed E-state index contributed by atoms with van der Waals surface area (Å²) in [5.41, 5.74) is 2.50. The Morgan fingerprint density at radius 2 is 1.74 bits per heavy atom. The molecular weight excluding hydrogens is 388 g/mol. The van der Waals surface area contributed by atoms with Crippen LogP contribution in [0.3, 0.4) is 0 Å². The third-order valence-electron chi connectivity index (χ3n) is 5.75. The van der Waals surface area contributed by atoms with Crippen molar-refractivity contribution in [3.8, 4) is 5.75 Å². The van der Waals surface area contributed by atoms with Crippen LogP contribution in [0.15, 0.2) is 48.5 Å². The first kappa shape index (κ1) is 23.7. The van der Waals surface area contributed by atoms with E-state index in [2.05, 4.69) is 61.7 Å². The molecule has 3 atom stereocenters. The van der Waals surface area contributed by atoms with Crippen molar-refractivity contribution in [1.29, 1.82) is 0 Å². The Bertz CT molecular complexity index is 830. The maximum atomic E-state index is 10.7. The highest BCUT2D eigenvalue weighted by Gasteiger charge is 2.30. The van der Waals surface area contributed by atoms with E-state index in [1.807, 2.05) is 18.2 Å². The van der Waals surface area contributed by atoms with Crippen molar-refractivity contribution in [3.05, 3.63) is 65.2 Å². The highest BCUT2D eigenvalue weighted by molar-refractivity contribution is 5.43. The molecular formula is C26H38N2O3. The van der Waals surface area contributed by atoms with Gasteiger partial charge < -0.3 is 25.6 Å². The fourth-order valence-corrected chi connectivity index (χ4v) is 3.89. The molecule has 5 nitrogen and oxygen atoms in total. The van der Waals surface area contributed by atoms with Gasteiger partial charge in [-0.3, -0.25) is 0 Å². The molecule has 0 spiro atoms. The van der Waals surface area contributed by atoms with E-state index < -0.39 is 11.7 Å². The standard InChI is InChI=1S/C26H38N2O3/c1-25(2,3)28-17-26(4,30)18-31-24-12-8-11-20-15-23(29)22(16-21(20)24)27-14-13-19-9-6-5-7-10-19/h5-12,22-23,27-30H,13-18H2,1-4H3/t22-,23-,26?/m1/s1. The first-order valence-electron chi connectivity index (χ1n) is 11.3. The number of hydrogen-bond acceptors (Lipinski definition) is 5. The maximum Gasteiger partial charge on any atom is 0.122 e. The molecule has 0 amide bonds. The van der Waals surface area contributed by atoms with Gasteiger partial charge in [0.25, 0.3) is 0 Å². The van der Waals surface area contributed by atoms with Gasteiger partial charge >= 0.3 is 0 Å². The van der Waals surface area contributed by atoms with E-state index in [9.17, 15) is 10.2 Å². The van der Waals surface area contributed by atoms with Gasteiger partial charge in [-0.15, -0.1) is 0 Å². The first-order valence-corrected chi connectivity index (χ1v) is 11.3. The SMILES string of the molecule is CC(O)(CNC(C)(C)C)COc1cccc2c1C[C@@H](NCCc1ccccc1)[C@H](O)C2. The van der Waals surface area contributed by atoms with Gasteiger partial charge in [-0.25, -0.2) is 0 Å². The van der Waals surface area contributed by atoms with Crippen molar-refractivity contribution >= 4 is 0 Å². The zero-order valence-corrected chi connectivity index (χ0v) is 19.3. The van der Waals surface area contributed by atoms with Crippen molar-refractivity contribution in [2.24, 2.45) is 0 Å². The zero-order chi connectivity index (χ0) is 22.5. The molecule has 0 radical (unpaired) electrons. The van der Waals surface area contributed by atoms with Crippen molar-refractivity contribution in [1.82, 2.24) is 10.6 Å². The molecule has 170 valence electrons. The number of fused-ring (bicyclic) bond motifs is 1. The molecule has 0 aliphatic heterocycles. The van der Waals surface area contributed by atoms with Gasteiger partial charge in [-0.05, 0) is 69.8 Å². The summed E-state index contributed by atoms with van der Waals surface area (Å²) in [6, 6.07) is 16.4. The van der Waals surface area contributed by atoms with Gasteiger partial charge in [-0.2, -0.15) is 0 Å². The van der Waals surface area contributed by atoms with E-state index in [0.717, 1.165) is 29.8 Å². The summed E-state index contributed by atoms with van der Waals surface area (Å²) in [5, 5.41) is 28.2. The Morgan fingerprint density at radius 1 is 1.00 bits per heavy atom. The van der Waals surface area contributed by atoms with E-state index in [-0.39, 0.29) is 18.2 Å². The lowest BCUT2D eigenvalue weighted by Crippen LogP contribution is -2.49. The normalized spacial score (nSPS) is 20.7. The Hall–Kier alpha value is -1.92. The van der Waals surface area contributed by atoms with Crippen molar-refractivity contribution in [3.63, 3.8) is 0 Å². The van der Waals surface area contributed by atoms with Crippen molar-refractivity contribution < 1.29 is 14.9 Å². The van der Waals surface area contributed by atoms with Gasteiger partial charge in [0.1, 0.15) is 18.0 Å². The molecule has 2 aromatic carbocycles. The van der Waals surface area contributed by atoms with Crippen LogP contribution in [0.2, 0.25) is 0 Å². The molecule has 1 aliphatic rings. The molecule has 0 heterocycles. The lowest BCUT2D eigenvalue weighted by atomic mass is 9.85. The molecule has 31 heavy (non-hydrogen) atoms. The van der Waals surface area contributed by atoms with Gasteiger partial charge in [0.15, 0.2) is 0 Å². The van der Waals surface area contributed by atoms with Crippen LogP contribution in [0.4, 0.5) is 0 Å². The van der Waals surface area contributed by atoms with E-state index in [1.54, 1.807) is 6.92 Å².